The largest absolute Gasteiger partial charge is 0.495 e. The summed E-state index contributed by atoms with van der Waals surface area (Å²) in [5, 5.41) is 3.07. The van der Waals surface area contributed by atoms with Gasteiger partial charge in [0.2, 0.25) is 0 Å². The van der Waals surface area contributed by atoms with Crippen LogP contribution in [0.5, 0.6) is 5.75 Å². The molecule has 0 heterocycles. The second-order valence-electron chi connectivity index (χ2n) is 4.10. The molecule has 0 unspecified atom stereocenters. The molecule has 0 spiro atoms. The maximum Gasteiger partial charge on any atom is 0.181 e. The molecule has 0 saturated carbocycles. The molecule has 0 saturated heterocycles. The quantitative estimate of drug-likeness (QED) is 0.637. The number of nitrogen functional groups attached to an aromatic ring is 1. The van der Waals surface area contributed by atoms with E-state index in [2.05, 4.69) is 5.32 Å². The van der Waals surface area contributed by atoms with E-state index >= 15 is 0 Å². The molecule has 0 amide bonds. The van der Waals surface area contributed by atoms with E-state index in [1.165, 1.54) is 0 Å². The zero-order valence-electron chi connectivity index (χ0n) is 10.7. The zero-order valence-corrected chi connectivity index (χ0v) is 10.7. The van der Waals surface area contributed by atoms with Gasteiger partial charge in [-0.15, -0.1) is 0 Å². The summed E-state index contributed by atoms with van der Waals surface area (Å²) in [5.41, 5.74) is 7.64. The first-order valence-corrected chi connectivity index (χ1v) is 5.96. The van der Waals surface area contributed by atoms with Crippen LogP contribution in [0.4, 0.5) is 11.4 Å². The SMILES string of the molecule is COc1ccccc1NCC(=O)c1cccc(N)c1. The number of rotatable bonds is 5. The number of para-hydroxylation sites is 2. The second-order valence-corrected chi connectivity index (χ2v) is 4.10. The van der Waals surface area contributed by atoms with Gasteiger partial charge in [-0.1, -0.05) is 24.3 Å². The third-order valence-corrected chi connectivity index (χ3v) is 2.75. The van der Waals surface area contributed by atoms with Crippen LogP contribution in [0.25, 0.3) is 0 Å². The molecule has 98 valence electrons. The maximum atomic E-state index is 12.0. The van der Waals surface area contributed by atoms with E-state index in [0.29, 0.717) is 17.0 Å². The second kappa shape index (κ2) is 5.91. The Balaban J connectivity index is 2.04. The minimum atomic E-state index is -0.0155. The number of nitrogens with two attached hydrogens (primary N) is 1. The molecule has 0 atom stereocenters. The highest BCUT2D eigenvalue weighted by molar-refractivity contribution is 5.99. The lowest BCUT2D eigenvalue weighted by Crippen LogP contribution is -2.14. The lowest BCUT2D eigenvalue weighted by atomic mass is 10.1. The number of nitrogens with one attached hydrogen (secondary N) is 1. The fourth-order valence-corrected chi connectivity index (χ4v) is 1.78. The van der Waals surface area contributed by atoms with Crippen LogP contribution in [-0.2, 0) is 0 Å². The number of methoxy groups -OCH3 is 1. The monoisotopic (exact) mass is 256 g/mol. The van der Waals surface area contributed by atoms with Crippen LogP contribution in [0, 0.1) is 0 Å². The van der Waals surface area contributed by atoms with Crippen molar-refractivity contribution in [2.75, 3.05) is 24.7 Å². The van der Waals surface area contributed by atoms with Crippen molar-refractivity contribution in [1.29, 1.82) is 0 Å². The molecule has 0 aliphatic heterocycles. The first kappa shape index (κ1) is 13.0. The summed E-state index contributed by atoms with van der Waals surface area (Å²) in [6, 6.07) is 14.4. The number of hydrogen-bond acceptors (Lipinski definition) is 4. The Morgan fingerprint density at radius 2 is 2.00 bits per heavy atom. The van der Waals surface area contributed by atoms with Crippen LogP contribution in [0.15, 0.2) is 48.5 Å². The Kier molecular flexibility index (Phi) is 4.03. The van der Waals surface area contributed by atoms with Crippen molar-refractivity contribution in [2.24, 2.45) is 0 Å². The van der Waals surface area contributed by atoms with Crippen molar-refractivity contribution in [3.05, 3.63) is 54.1 Å². The summed E-state index contributed by atoms with van der Waals surface area (Å²) in [6.07, 6.45) is 0. The molecule has 4 nitrogen and oxygen atoms in total. The molecule has 4 heteroatoms. The normalized spacial score (nSPS) is 9.95. The third-order valence-electron chi connectivity index (χ3n) is 2.75. The minimum Gasteiger partial charge on any atom is -0.495 e. The smallest absolute Gasteiger partial charge is 0.181 e. The van der Waals surface area contributed by atoms with Gasteiger partial charge in [0, 0.05) is 11.3 Å². The van der Waals surface area contributed by atoms with E-state index in [1.807, 2.05) is 24.3 Å². The van der Waals surface area contributed by atoms with Gasteiger partial charge in [-0.2, -0.15) is 0 Å². The summed E-state index contributed by atoms with van der Waals surface area (Å²) >= 11 is 0. The highest BCUT2D eigenvalue weighted by atomic mass is 16.5. The van der Waals surface area contributed by atoms with Crippen LogP contribution >= 0.6 is 0 Å². The molecule has 0 aromatic heterocycles. The van der Waals surface area contributed by atoms with E-state index < -0.39 is 0 Å². The van der Waals surface area contributed by atoms with Gasteiger partial charge in [0.1, 0.15) is 5.75 Å². The molecule has 2 rings (SSSR count). The van der Waals surface area contributed by atoms with E-state index in [0.717, 1.165) is 5.69 Å². The molecule has 3 N–H and O–H groups in total. The number of carbonyl (C=O) groups is 1. The first-order valence-electron chi connectivity index (χ1n) is 5.96. The highest BCUT2D eigenvalue weighted by Crippen LogP contribution is 2.22. The maximum absolute atomic E-state index is 12.0. The van der Waals surface area contributed by atoms with Gasteiger partial charge in [-0.05, 0) is 24.3 Å². The zero-order chi connectivity index (χ0) is 13.7. The third kappa shape index (κ3) is 3.25. The molecule has 0 fully saturated rings. The summed E-state index contributed by atoms with van der Waals surface area (Å²) in [6.45, 7) is 0.198. The number of ether oxygens (including phenoxy) is 1. The Morgan fingerprint density at radius 3 is 2.74 bits per heavy atom. The topological polar surface area (TPSA) is 64.3 Å². The Morgan fingerprint density at radius 1 is 1.21 bits per heavy atom. The van der Waals surface area contributed by atoms with Gasteiger partial charge in [0.25, 0.3) is 0 Å². The molecule has 2 aromatic carbocycles. The summed E-state index contributed by atoms with van der Waals surface area (Å²) in [4.78, 5) is 12.0. The van der Waals surface area contributed by atoms with E-state index in [9.17, 15) is 4.79 Å². The molecular formula is C15H16N2O2. The van der Waals surface area contributed by atoms with E-state index in [4.69, 9.17) is 10.5 Å². The number of carbonyl (C=O) groups excluding carboxylic acids is 1. The van der Waals surface area contributed by atoms with Gasteiger partial charge in [-0.25, -0.2) is 0 Å². The number of benzene rings is 2. The molecule has 19 heavy (non-hydrogen) atoms. The summed E-state index contributed by atoms with van der Waals surface area (Å²) in [7, 11) is 1.60. The lowest BCUT2D eigenvalue weighted by Gasteiger charge is -2.10. The number of hydrogen-bond donors (Lipinski definition) is 2. The molecule has 0 bridgehead atoms. The van der Waals surface area contributed by atoms with Gasteiger partial charge in [0.15, 0.2) is 5.78 Å². The van der Waals surface area contributed by atoms with Crippen molar-refractivity contribution in [3.63, 3.8) is 0 Å². The molecule has 0 aliphatic carbocycles. The predicted molar refractivity (Wildman–Crippen MR) is 76.7 cm³/mol. The number of ketones is 1. The molecule has 0 radical (unpaired) electrons. The Bertz CT molecular complexity index is 582. The fourth-order valence-electron chi connectivity index (χ4n) is 1.78. The molecule has 0 aliphatic rings. The number of anilines is 2. The minimum absolute atomic E-state index is 0.0155. The summed E-state index contributed by atoms with van der Waals surface area (Å²) in [5.74, 6) is 0.695. The van der Waals surface area contributed by atoms with Crippen molar-refractivity contribution >= 4 is 17.2 Å². The van der Waals surface area contributed by atoms with Crippen LogP contribution < -0.4 is 15.8 Å². The Labute approximate surface area is 112 Å². The van der Waals surface area contributed by atoms with Crippen molar-refractivity contribution < 1.29 is 9.53 Å². The molecule has 2 aromatic rings. The molecular weight excluding hydrogens is 240 g/mol. The predicted octanol–water partition coefficient (Wildman–Crippen LogP) is 2.57. The van der Waals surface area contributed by atoms with Gasteiger partial charge < -0.3 is 15.8 Å². The van der Waals surface area contributed by atoms with Gasteiger partial charge in [-0.3, -0.25) is 4.79 Å². The van der Waals surface area contributed by atoms with Gasteiger partial charge >= 0.3 is 0 Å². The average Bonchev–Trinajstić information content (AvgIpc) is 2.45. The van der Waals surface area contributed by atoms with Crippen molar-refractivity contribution in [3.8, 4) is 5.75 Å². The first-order chi connectivity index (χ1) is 9.20. The van der Waals surface area contributed by atoms with Crippen LogP contribution in [0.2, 0.25) is 0 Å². The Hall–Kier alpha value is -2.49. The number of Topliss-reactive ketones (excluding diaryl/α,β-unsaturated/α-hetero) is 1. The van der Waals surface area contributed by atoms with Crippen molar-refractivity contribution in [2.45, 2.75) is 0 Å². The highest BCUT2D eigenvalue weighted by Gasteiger charge is 2.07. The van der Waals surface area contributed by atoms with Crippen LogP contribution in [0.3, 0.4) is 0 Å². The fraction of sp³-hybridized carbons (Fsp3) is 0.133. The van der Waals surface area contributed by atoms with Gasteiger partial charge in [0.05, 0.1) is 19.3 Å². The standard InChI is InChI=1S/C15H16N2O2/c1-19-15-8-3-2-7-13(15)17-10-14(18)11-5-4-6-12(16)9-11/h2-9,17H,10,16H2,1H3. The van der Waals surface area contributed by atoms with E-state index in [-0.39, 0.29) is 12.3 Å². The van der Waals surface area contributed by atoms with Crippen molar-refractivity contribution in [1.82, 2.24) is 0 Å². The van der Waals surface area contributed by atoms with Crippen LogP contribution in [-0.4, -0.2) is 19.4 Å². The van der Waals surface area contributed by atoms with E-state index in [1.54, 1.807) is 31.4 Å². The average molecular weight is 256 g/mol. The lowest BCUT2D eigenvalue weighted by molar-refractivity contribution is 0.101. The summed E-state index contributed by atoms with van der Waals surface area (Å²) < 4.78 is 5.21. The van der Waals surface area contributed by atoms with Crippen LogP contribution in [0.1, 0.15) is 10.4 Å².